The number of piperidine rings is 3. The minimum Gasteiger partial charge on any atom is -0.870 e. The van der Waals surface area contributed by atoms with E-state index >= 15 is 0 Å². The number of carboxylic acid groups (broad SMARTS) is 1. The molecule has 6 aliphatic heterocycles. The summed E-state index contributed by atoms with van der Waals surface area (Å²) in [4.78, 5) is 38.3. The zero-order valence-electron chi connectivity index (χ0n) is 38.6. The third-order valence-electron chi connectivity index (χ3n) is 12.2. The summed E-state index contributed by atoms with van der Waals surface area (Å²) in [7, 11) is 2.78. The molecule has 0 amide bonds. The first-order chi connectivity index (χ1) is 30.3. The van der Waals surface area contributed by atoms with E-state index in [9.17, 15) is 14.4 Å². The molecule has 0 bridgehead atoms. The predicted octanol–water partition coefficient (Wildman–Crippen LogP) is 3.65. The first-order valence-electron chi connectivity index (χ1n) is 21.7. The standard InChI is InChI=1S/C16H21NO4.C15H19NO4.C9H9BrO2.C7H13NO2.Li.H2O/c1-12-3-4-13(15(18)19-2)11-14(12)17-7-5-16(6-8-17)20-9-10-21-16;1-11-2-3-12(14(17)18)10-13(11)16-6-4-15(5-7-16)19-8-9-20-15;1-6-3-4-7(5-8(6)10)9(11)12-2;1-3-8-4-2-7(1)9-5-6-10-7;;/h3-4,11H,5-10H2,1-2H3;2-3,10H,4-9H2,1H3,(H,17,18);3-5H,1-2H3;8H,1-6H2;;1H2/q;;;;+1;/p-1. The molecule has 0 aliphatic carbocycles. The van der Waals surface area contributed by atoms with Crippen molar-refractivity contribution in [2.75, 3.05) is 103 Å². The van der Waals surface area contributed by atoms with Crippen molar-refractivity contribution in [3.8, 4) is 0 Å². The van der Waals surface area contributed by atoms with Crippen LogP contribution in [0.15, 0.2) is 59.1 Å². The Labute approximate surface area is 402 Å². The van der Waals surface area contributed by atoms with Gasteiger partial charge in [0.2, 0.25) is 0 Å². The second-order valence-electron chi connectivity index (χ2n) is 16.3. The van der Waals surface area contributed by atoms with Gasteiger partial charge < -0.3 is 63.6 Å². The second-order valence-corrected chi connectivity index (χ2v) is 17.2. The van der Waals surface area contributed by atoms with Crippen LogP contribution in [-0.4, -0.2) is 139 Å². The van der Waals surface area contributed by atoms with Gasteiger partial charge in [-0.2, -0.15) is 0 Å². The Morgan fingerprint density at radius 1 is 0.569 bits per heavy atom. The largest absolute Gasteiger partial charge is 1.00 e. The normalized spacial score (nSPS) is 19.8. The first-order valence-corrected chi connectivity index (χ1v) is 22.5. The van der Waals surface area contributed by atoms with Crippen LogP contribution >= 0.6 is 15.9 Å². The van der Waals surface area contributed by atoms with Crippen molar-refractivity contribution in [2.45, 2.75) is 76.7 Å². The van der Waals surface area contributed by atoms with Gasteiger partial charge in [0, 0.05) is 93.6 Å². The minimum atomic E-state index is -0.887. The van der Waals surface area contributed by atoms with Crippen LogP contribution in [0.5, 0.6) is 0 Å². The van der Waals surface area contributed by atoms with Crippen LogP contribution in [0.3, 0.4) is 0 Å². The van der Waals surface area contributed by atoms with Gasteiger partial charge >= 0.3 is 36.8 Å². The molecule has 6 aliphatic rings. The number of nitrogens with zero attached hydrogens (tertiary/aromatic N) is 2. The quantitative estimate of drug-likeness (QED) is 0.278. The van der Waals surface area contributed by atoms with Crippen molar-refractivity contribution < 1.29 is 81.7 Å². The number of methoxy groups -OCH3 is 2. The van der Waals surface area contributed by atoms with Crippen LogP contribution in [0.4, 0.5) is 11.4 Å². The SMILES string of the molecule is C1CC2(CCN1)OCCO2.COC(=O)c1ccc(C)c(Br)c1.COC(=O)c1ccc(C)c(N2CCC3(CC2)OCCO3)c1.Cc1ccc(C(=O)O)cc1N1CCC2(CC1)OCCO2.[Li+].[OH-]. The fraction of sp³-hybridized carbons (Fsp3) is 0.553. The van der Waals surface area contributed by atoms with E-state index in [1.807, 2.05) is 38.1 Å². The van der Waals surface area contributed by atoms with Crippen molar-refractivity contribution in [3.05, 3.63) is 92.5 Å². The third kappa shape index (κ3) is 14.2. The summed E-state index contributed by atoms with van der Waals surface area (Å²) >= 11 is 3.34. The number of hydrogen-bond acceptors (Lipinski definition) is 15. The Hall–Kier alpha value is -3.57. The van der Waals surface area contributed by atoms with Gasteiger partial charge in [0.05, 0.1) is 70.6 Å². The second kappa shape index (κ2) is 25.0. The fourth-order valence-corrected chi connectivity index (χ4v) is 8.84. The molecule has 0 saturated carbocycles. The van der Waals surface area contributed by atoms with E-state index < -0.39 is 11.8 Å². The maximum Gasteiger partial charge on any atom is 1.00 e. The number of halogens is 1. The van der Waals surface area contributed by atoms with Crippen molar-refractivity contribution in [1.82, 2.24) is 5.32 Å². The molecule has 0 aromatic heterocycles. The molecule has 0 atom stereocenters. The molecular formula is C47H63BrLiN3O13. The summed E-state index contributed by atoms with van der Waals surface area (Å²) in [5.41, 5.74) is 6.93. The summed E-state index contributed by atoms with van der Waals surface area (Å²) < 4.78 is 44.3. The number of carboxylic acids is 1. The van der Waals surface area contributed by atoms with Gasteiger partial charge in [-0.3, -0.25) is 0 Å². The topological polar surface area (TPSA) is 194 Å². The number of anilines is 2. The van der Waals surface area contributed by atoms with Crippen molar-refractivity contribution in [2.24, 2.45) is 0 Å². The number of aryl methyl sites for hydroxylation is 3. The van der Waals surface area contributed by atoms with E-state index in [-0.39, 0.29) is 47.8 Å². The van der Waals surface area contributed by atoms with E-state index in [4.69, 9.17) is 38.3 Å². The molecule has 3 aromatic carbocycles. The number of hydrogen-bond donors (Lipinski definition) is 2. The molecular weight excluding hydrogens is 901 g/mol. The van der Waals surface area contributed by atoms with E-state index in [1.54, 1.807) is 30.3 Å². The van der Waals surface area contributed by atoms with Gasteiger partial charge in [0.15, 0.2) is 17.4 Å². The minimum absolute atomic E-state index is 0. The predicted molar refractivity (Wildman–Crippen MR) is 242 cm³/mol. The zero-order chi connectivity index (χ0) is 45.0. The van der Waals surface area contributed by atoms with Crippen LogP contribution in [0.2, 0.25) is 0 Å². The number of esters is 2. The maximum atomic E-state index is 11.7. The monoisotopic (exact) mass is 963 g/mol. The molecule has 65 heavy (non-hydrogen) atoms. The Kier molecular flexibility index (Phi) is 20.8. The number of benzene rings is 3. The molecule has 0 unspecified atom stereocenters. The molecule has 3 aromatic rings. The molecule has 352 valence electrons. The zero-order valence-corrected chi connectivity index (χ0v) is 40.2. The first kappa shape index (κ1) is 54.0. The number of rotatable bonds is 5. The summed E-state index contributed by atoms with van der Waals surface area (Å²) in [5, 5.41) is 12.4. The Bertz CT molecular complexity index is 2010. The molecule has 3 N–H and O–H groups in total. The smallest absolute Gasteiger partial charge is 0.870 e. The Morgan fingerprint density at radius 2 is 0.908 bits per heavy atom. The van der Waals surface area contributed by atoms with Gasteiger partial charge in [-0.1, -0.05) is 34.1 Å². The molecule has 6 saturated heterocycles. The van der Waals surface area contributed by atoms with Crippen LogP contribution in [0, 0.1) is 20.8 Å². The fourth-order valence-electron chi connectivity index (χ4n) is 8.46. The van der Waals surface area contributed by atoms with E-state index in [0.29, 0.717) is 43.1 Å². The van der Waals surface area contributed by atoms with Crippen molar-refractivity contribution in [1.29, 1.82) is 0 Å². The van der Waals surface area contributed by atoms with E-state index in [2.05, 4.69) is 42.7 Å². The third-order valence-corrected chi connectivity index (χ3v) is 13.1. The molecule has 6 heterocycles. The van der Waals surface area contributed by atoms with Crippen LogP contribution in [-0.2, 0) is 37.9 Å². The van der Waals surface area contributed by atoms with Gasteiger partial charge in [-0.15, -0.1) is 0 Å². The number of nitrogens with one attached hydrogen (secondary N) is 1. The van der Waals surface area contributed by atoms with Crippen molar-refractivity contribution in [3.63, 3.8) is 0 Å². The van der Waals surface area contributed by atoms with Crippen molar-refractivity contribution >= 4 is 45.2 Å². The summed E-state index contributed by atoms with van der Waals surface area (Å²) in [5.74, 6) is -2.45. The average Bonchev–Trinajstić information content (AvgIpc) is 4.09. The summed E-state index contributed by atoms with van der Waals surface area (Å²) in [6, 6.07) is 16.3. The molecule has 18 heteroatoms. The maximum absolute atomic E-state index is 11.7. The number of aromatic carboxylic acids is 1. The van der Waals surface area contributed by atoms with Gasteiger partial charge in [0.25, 0.3) is 0 Å². The Morgan fingerprint density at radius 3 is 1.28 bits per heavy atom. The molecule has 0 radical (unpaired) electrons. The van der Waals surface area contributed by atoms with Gasteiger partial charge in [-0.05, 0) is 73.9 Å². The summed E-state index contributed by atoms with van der Waals surface area (Å²) in [6.45, 7) is 15.8. The number of carbonyl (C=O) groups is 3. The number of carbonyl (C=O) groups excluding carboxylic acids is 2. The van der Waals surface area contributed by atoms with Crippen LogP contribution in [0.1, 0.15) is 86.3 Å². The molecule has 6 fully saturated rings. The Balaban J connectivity index is 0.000000196. The van der Waals surface area contributed by atoms with E-state index in [0.717, 1.165) is 124 Å². The van der Waals surface area contributed by atoms with E-state index in [1.165, 1.54) is 14.2 Å². The average molecular weight is 965 g/mol. The van der Waals surface area contributed by atoms with Gasteiger partial charge in [0.1, 0.15) is 0 Å². The summed E-state index contributed by atoms with van der Waals surface area (Å²) in [6.07, 6.45) is 5.37. The molecule has 16 nitrogen and oxygen atoms in total. The molecule has 3 spiro atoms. The number of ether oxygens (including phenoxy) is 8. The van der Waals surface area contributed by atoms with Crippen LogP contribution in [0.25, 0.3) is 0 Å². The van der Waals surface area contributed by atoms with Gasteiger partial charge in [-0.25, -0.2) is 14.4 Å². The van der Waals surface area contributed by atoms with Crippen LogP contribution < -0.4 is 34.0 Å². The molecule has 9 rings (SSSR count).